The van der Waals surface area contributed by atoms with E-state index in [1.807, 2.05) is 6.92 Å². The van der Waals surface area contributed by atoms with E-state index in [-0.39, 0.29) is 5.82 Å². The van der Waals surface area contributed by atoms with Crippen LogP contribution in [-0.4, -0.2) is 16.1 Å². The first-order valence-corrected chi connectivity index (χ1v) is 6.00. The van der Waals surface area contributed by atoms with Crippen LogP contribution in [0.3, 0.4) is 0 Å². The first-order valence-electron chi connectivity index (χ1n) is 5.23. The van der Waals surface area contributed by atoms with Crippen molar-refractivity contribution in [1.29, 1.82) is 0 Å². The van der Waals surface area contributed by atoms with Crippen molar-refractivity contribution in [1.82, 2.24) is 9.59 Å². The Labute approximate surface area is 103 Å². The fourth-order valence-electron chi connectivity index (χ4n) is 1.28. The summed E-state index contributed by atoms with van der Waals surface area (Å²) >= 11 is 1.30. The van der Waals surface area contributed by atoms with Gasteiger partial charge >= 0.3 is 0 Å². The average molecular weight is 253 g/mol. The van der Waals surface area contributed by atoms with Gasteiger partial charge in [-0.1, -0.05) is 4.49 Å². The van der Waals surface area contributed by atoms with Crippen molar-refractivity contribution in [3.63, 3.8) is 0 Å². The molecule has 1 aromatic carbocycles. The number of halogens is 1. The van der Waals surface area contributed by atoms with Crippen molar-refractivity contribution >= 4 is 16.5 Å². The number of rotatable bonds is 5. The number of nitrogens with zero attached hydrogens (tertiary/aromatic N) is 2. The molecule has 0 fully saturated rings. The largest absolute Gasteiger partial charge is 0.487 e. The lowest BCUT2D eigenvalue weighted by Gasteiger charge is -2.05. The molecule has 0 bridgehead atoms. The van der Waals surface area contributed by atoms with E-state index in [1.54, 1.807) is 12.1 Å². The Hall–Kier alpha value is -1.69. The first-order chi connectivity index (χ1) is 8.29. The second kappa shape index (κ2) is 5.58. The summed E-state index contributed by atoms with van der Waals surface area (Å²) in [5.41, 5.74) is 0.765. The van der Waals surface area contributed by atoms with Crippen LogP contribution in [0.1, 0.15) is 12.6 Å². The standard InChI is InChI=1S/C11H12FN3OS/c1-2-13-11-10(14-15-17-11)7-16-9-5-3-8(12)4-6-9/h3-6,13H,2,7H2,1H3. The molecule has 0 aliphatic rings. The molecule has 1 N–H and O–H groups in total. The monoisotopic (exact) mass is 253 g/mol. The second-order valence-electron chi connectivity index (χ2n) is 3.32. The van der Waals surface area contributed by atoms with Gasteiger partial charge in [-0.25, -0.2) is 4.39 Å². The molecule has 6 heteroatoms. The molecule has 1 heterocycles. The van der Waals surface area contributed by atoms with Crippen molar-refractivity contribution in [3.05, 3.63) is 35.8 Å². The van der Waals surface area contributed by atoms with Crippen LogP contribution in [0.2, 0.25) is 0 Å². The minimum Gasteiger partial charge on any atom is -0.487 e. The lowest BCUT2D eigenvalue weighted by atomic mass is 10.3. The fraction of sp³-hybridized carbons (Fsp3) is 0.273. The Bertz CT molecular complexity index is 472. The minimum absolute atomic E-state index is 0.277. The number of hydrogen-bond donors (Lipinski definition) is 1. The zero-order valence-corrected chi connectivity index (χ0v) is 10.1. The lowest BCUT2D eigenvalue weighted by molar-refractivity contribution is 0.301. The SMILES string of the molecule is CCNc1snnc1COc1ccc(F)cc1. The Morgan fingerprint density at radius 1 is 1.35 bits per heavy atom. The second-order valence-corrected chi connectivity index (χ2v) is 4.08. The highest BCUT2D eigenvalue weighted by molar-refractivity contribution is 7.10. The Kier molecular flexibility index (Phi) is 3.87. The molecular weight excluding hydrogens is 241 g/mol. The summed E-state index contributed by atoms with van der Waals surface area (Å²) in [5.74, 6) is 0.336. The molecule has 4 nitrogen and oxygen atoms in total. The van der Waals surface area contributed by atoms with E-state index in [2.05, 4.69) is 14.9 Å². The number of anilines is 1. The maximum Gasteiger partial charge on any atom is 0.136 e. The van der Waals surface area contributed by atoms with E-state index in [4.69, 9.17) is 4.74 Å². The summed E-state index contributed by atoms with van der Waals surface area (Å²) < 4.78 is 22.0. The van der Waals surface area contributed by atoms with Crippen LogP contribution in [0.25, 0.3) is 0 Å². The normalized spacial score (nSPS) is 10.2. The van der Waals surface area contributed by atoms with Crippen LogP contribution in [0.4, 0.5) is 9.39 Å². The van der Waals surface area contributed by atoms with Gasteiger partial charge in [0.15, 0.2) is 0 Å². The van der Waals surface area contributed by atoms with E-state index >= 15 is 0 Å². The summed E-state index contributed by atoms with van der Waals surface area (Å²) in [7, 11) is 0. The van der Waals surface area contributed by atoms with Crippen molar-refractivity contribution in [2.75, 3.05) is 11.9 Å². The maximum absolute atomic E-state index is 12.7. The smallest absolute Gasteiger partial charge is 0.136 e. The number of aromatic nitrogens is 2. The van der Waals surface area contributed by atoms with Crippen molar-refractivity contribution in [2.24, 2.45) is 0 Å². The third-order valence-corrected chi connectivity index (χ3v) is 2.81. The third-order valence-electron chi connectivity index (χ3n) is 2.08. The van der Waals surface area contributed by atoms with Crippen LogP contribution < -0.4 is 10.1 Å². The van der Waals surface area contributed by atoms with E-state index in [0.29, 0.717) is 12.4 Å². The van der Waals surface area contributed by atoms with E-state index in [0.717, 1.165) is 17.2 Å². The van der Waals surface area contributed by atoms with Crippen LogP contribution in [-0.2, 0) is 6.61 Å². The van der Waals surface area contributed by atoms with Crippen molar-refractivity contribution in [2.45, 2.75) is 13.5 Å². The average Bonchev–Trinajstić information content (AvgIpc) is 2.77. The maximum atomic E-state index is 12.7. The molecule has 0 radical (unpaired) electrons. The molecule has 0 amide bonds. The van der Waals surface area contributed by atoms with E-state index < -0.39 is 0 Å². The van der Waals surface area contributed by atoms with Gasteiger partial charge < -0.3 is 10.1 Å². The molecule has 0 aliphatic carbocycles. The Balaban J connectivity index is 1.97. The summed E-state index contributed by atoms with van der Waals surface area (Å²) in [4.78, 5) is 0. The van der Waals surface area contributed by atoms with Gasteiger partial charge in [0, 0.05) is 18.1 Å². The molecule has 17 heavy (non-hydrogen) atoms. The first kappa shape index (κ1) is 11.8. The fourth-order valence-corrected chi connectivity index (χ4v) is 1.92. The Morgan fingerprint density at radius 3 is 2.82 bits per heavy atom. The zero-order chi connectivity index (χ0) is 12.1. The molecule has 0 unspecified atom stereocenters. The lowest BCUT2D eigenvalue weighted by Crippen LogP contribution is -2.02. The number of ether oxygens (including phenoxy) is 1. The number of benzene rings is 1. The van der Waals surface area contributed by atoms with Gasteiger partial charge in [-0.15, -0.1) is 5.10 Å². The summed E-state index contributed by atoms with van der Waals surface area (Å²) in [6, 6.07) is 5.89. The molecule has 2 rings (SSSR count). The molecule has 90 valence electrons. The van der Waals surface area contributed by atoms with Gasteiger partial charge in [-0.2, -0.15) is 0 Å². The topological polar surface area (TPSA) is 47.0 Å². The predicted molar refractivity (Wildman–Crippen MR) is 64.8 cm³/mol. The highest BCUT2D eigenvalue weighted by Gasteiger charge is 2.07. The van der Waals surface area contributed by atoms with Gasteiger partial charge in [0.25, 0.3) is 0 Å². The molecule has 1 aromatic heterocycles. The third kappa shape index (κ3) is 3.13. The molecule has 0 saturated carbocycles. The van der Waals surface area contributed by atoms with Crippen LogP contribution in [0.5, 0.6) is 5.75 Å². The summed E-state index contributed by atoms with van der Waals surface area (Å²) in [6.45, 7) is 3.14. The van der Waals surface area contributed by atoms with E-state index in [9.17, 15) is 4.39 Å². The summed E-state index contributed by atoms with van der Waals surface area (Å²) in [5, 5.41) is 8.04. The highest BCUT2D eigenvalue weighted by atomic mass is 32.1. The number of hydrogen-bond acceptors (Lipinski definition) is 5. The zero-order valence-electron chi connectivity index (χ0n) is 9.31. The van der Waals surface area contributed by atoms with Gasteiger partial charge in [0.05, 0.1) is 0 Å². The van der Waals surface area contributed by atoms with Gasteiger partial charge in [-0.05, 0) is 31.2 Å². The highest BCUT2D eigenvalue weighted by Crippen LogP contribution is 2.20. The molecule has 0 saturated heterocycles. The quantitative estimate of drug-likeness (QED) is 0.890. The van der Waals surface area contributed by atoms with Crippen molar-refractivity contribution in [3.8, 4) is 5.75 Å². The van der Waals surface area contributed by atoms with Gasteiger partial charge in [0.1, 0.15) is 28.9 Å². The van der Waals surface area contributed by atoms with Crippen molar-refractivity contribution < 1.29 is 9.13 Å². The molecule has 0 atom stereocenters. The van der Waals surface area contributed by atoms with E-state index in [1.165, 1.54) is 23.7 Å². The molecule has 0 aliphatic heterocycles. The molecular formula is C11H12FN3OS. The summed E-state index contributed by atoms with van der Waals surface area (Å²) in [6.07, 6.45) is 0. The Morgan fingerprint density at radius 2 is 2.12 bits per heavy atom. The van der Waals surface area contributed by atoms with Gasteiger partial charge in [0.2, 0.25) is 0 Å². The predicted octanol–water partition coefficient (Wildman–Crippen LogP) is 2.69. The van der Waals surface area contributed by atoms with Crippen LogP contribution in [0.15, 0.2) is 24.3 Å². The van der Waals surface area contributed by atoms with Crippen LogP contribution in [0, 0.1) is 5.82 Å². The van der Waals surface area contributed by atoms with Gasteiger partial charge in [-0.3, -0.25) is 0 Å². The molecule has 2 aromatic rings. The number of nitrogens with one attached hydrogen (secondary N) is 1. The van der Waals surface area contributed by atoms with Crippen LogP contribution >= 0.6 is 11.5 Å². The molecule has 0 spiro atoms. The minimum atomic E-state index is -0.277.